The molecule has 1 aliphatic rings. The van der Waals surface area contributed by atoms with Gasteiger partial charge < -0.3 is 9.80 Å². The molecule has 0 radical (unpaired) electrons. The molecule has 0 aliphatic carbocycles. The van der Waals surface area contributed by atoms with Crippen molar-refractivity contribution >= 4 is 23.3 Å². The van der Waals surface area contributed by atoms with Crippen LogP contribution in [0, 0.1) is 13.8 Å². The number of benzene rings is 1. The van der Waals surface area contributed by atoms with Gasteiger partial charge in [0.1, 0.15) is 11.6 Å². The maximum absolute atomic E-state index is 12.6. The Morgan fingerprint density at radius 1 is 1.09 bits per heavy atom. The molecule has 5 nitrogen and oxygen atoms in total. The third-order valence-corrected chi connectivity index (χ3v) is 4.28. The summed E-state index contributed by atoms with van der Waals surface area (Å²) in [4.78, 5) is 25.4. The second kappa shape index (κ2) is 6.54. The first-order valence-corrected chi connectivity index (χ1v) is 8.03. The number of hydrogen-bond donors (Lipinski definition) is 0. The molecule has 2 heterocycles. The minimum Gasteiger partial charge on any atom is -0.353 e. The molecule has 0 unspecified atom stereocenters. The zero-order chi connectivity index (χ0) is 16.4. The Labute approximate surface area is 140 Å². The molecule has 0 saturated carbocycles. The maximum Gasteiger partial charge on any atom is 0.255 e. The standard InChI is InChI=1S/C17H19ClN4O/c1-12-11-16(20-13(2)19-12)21-7-9-22(10-8-21)17(23)14-5-3-4-6-15(14)18/h3-6,11H,7-10H2,1-2H3. The van der Waals surface area contributed by atoms with Gasteiger partial charge in [-0.15, -0.1) is 0 Å². The fourth-order valence-electron chi connectivity index (χ4n) is 2.80. The summed E-state index contributed by atoms with van der Waals surface area (Å²) in [5, 5.41) is 0.502. The highest BCUT2D eigenvalue weighted by atomic mass is 35.5. The summed E-state index contributed by atoms with van der Waals surface area (Å²) >= 11 is 6.12. The van der Waals surface area contributed by atoms with Gasteiger partial charge in [0.25, 0.3) is 5.91 Å². The molecule has 3 rings (SSSR count). The van der Waals surface area contributed by atoms with Gasteiger partial charge in [-0.05, 0) is 26.0 Å². The molecular formula is C17H19ClN4O. The molecule has 0 bridgehead atoms. The molecule has 0 atom stereocenters. The molecular weight excluding hydrogens is 312 g/mol. The number of hydrogen-bond acceptors (Lipinski definition) is 4. The fraction of sp³-hybridized carbons (Fsp3) is 0.353. The normalized spacial score (nSPS) is 14.9. The summed E-state index contributed by atoms with van der Waals surface area (Å²) in [6.45, 7) is 6.69. The van der Waals surface area contributed by atoms with Gasteiger partial charge in [0.2, 0.25) is 0 Å². The summed E-state index contributed by atoms with van der Waals surface area (Å²) < 4.78 is 0. The highest BCUT2D eigenvalue weighted by Crippen LogP contribution is 2.20. The number of aryl methyl sites for hydroxylation is 2. The molecule has 120 valence electrons. The summed E-state index contributed by atoms with van der Waals surface area (Å²) in [7, 11) is 0. The number of carbonyl (C=O) groups is 1. The summed E-state index contributed by atoms with van der Waals surface area (Å²) in [6, 6.07) is 9.17. The molecule has 1 fully saturated rings. The predicted molar refractivity (Wildman–Crippen MR) is 91.1 cm³/mol. The van der Waals surface area contributed by atoms with E-state index < -0.39 is 0 Å². The smallest absolute Gasteiger partial charge is 0.255 e. The van der Waals surface area contributed by atoms with Gasteiger partial charge in [-0.3, -0.25) is 4.79 Å². The van der Waals surface area contributed by atoms with E-state index in [2.05, 4.69) is 14.9 Å². The van der Waals surface area contributed by atoms with E-state index in [0.717, 1.165) is 30.4 Å². The average molecular weight is 331 g/mol. The van der Waals surface area contributed by atoms with E-state index in [1.165, 1.54) is 0 Å². The maximum atomic E-state index is 12.6. The monoisotopic (exact) mass is 330 g/mol. The lowest BCUT2D eigenvalue weighted by molar-refractivity contribution is 0.0746. The first-order chi connectivity index (χ1) is 11.0. The van der Waals surface area contributed by atoms with Crippen LogP contribution in [-0.2, 0) is 0 Å². The third-order valence-electron chi connectivity index (χ3n) is 3.95. The van der Waals surface area contributed by atoms with E-state index in [1.807, 2.05) is 36.9 Å². The molecule has 2 aromatic rings. The molecule has 0 spiro atoms. The molecule has 23 heavy (non-hydrogen) atoms. The van der Waals surface area contributed by atoms with Crippen molar-refractivity contribution in [2.45, 2.75) is 13.8 Å². The van der Waals surface area contributed by atoms with Crippen LogP contribution in [0.1, 0.15) is 21.9 Å². The first kappa shape index (κ1) is 15.7. The number of nitrogens with zero attached hydrogens (tertiary/aromatic N) is 4. The van der Waals surface area contributed by atoms with E-state index in [-0.39, 0.29) is 5.91 Å². The van der Waals surface area contributed by atoms with Crippen LogP contribution >= 0.6 is 11.6 Å². The van der Waals surface area contributed by atoms with Crippen molar-refractivity contribution in [2.24, 2.45) is 0 Å². The van der Waals surface area contributed by atoms with Gasteiger partial charge in [0.15, 0.2) is 0 Å². The topological polar surface area (TPSA) is 49.3 Å². The lowest BCUT2D eigenvalue weighted by Gasteiger charge is -2.35. The fourth-order valence-corrected chi connectivity index (χ4v) is 3.02. The predicted octanol–water partition coefficient (Wildman–Crippen LogP) is 2.71. The van der Waals surface area contributed by atoms with Crippen molar-refractivity contribution < 1.29 is 4.79 Å². The molecule has 0 N–H and O–H groups in total. The first-order valence-electron chi connectivity index (χ1n) is 7.65. The number of halogens is 1. The van der Waals surface area contributed by atoms with E-state index in [9.17, 15) is 4.79 Å². The summed E-state index contributed by atoms with van der Waals surface area (Å²) in [5.41, 5.74) is 1.53. The number of carbonyl (C=O) groups excluding carboxylic acids is 1. The van der Waals surface area contributed by atoms with Crippen molar-refractivity contribution in [1.82, 2.24) is 14.9 Å². The Balaban J connectivity index is 1.69. The van der Waals surface area contributed by atoms with Crippen molar-refractivity contribution in [3.8, 4) is 0 Å². The summed E-state index contributed by atoms with van der Waals surface area (Å²) in [5.74, 6) is 1.69. The van der Waals surface area contributed by atoms with Gasteiger partial charge >= 0.3 is 0 Å². The quantitative estimate of drug-likeness (QED) is 0.849. The van der Waals surface area contributed by atoms with Crippen molar-refractivity contribution in [2.75, 3.05) is 31.1 Å². The van der Waals surface area contributed by atoms with Crippen LogP contribution in [0.5, 0.6) is 0 Å². The lowest BCUT2D eigenvalue weighted by Crippen LogP contribution is -2.49. The summed E-state index contributed by atoms with van der Waals surface area (Å²) in [6.07, 6.45) is 0. The number of amides is 1. The average Bonchev–Trinajstić information content (AvgIpc) is 2.54. The van der Waals surface area contributed by atoms with E-state index in [4.69, 9.17) is 11.6 Å². The Kier molecular flexibility index (Phi) is 4.48. The number of aromatic nitrogens is 2. The lowest BCUT2D eigenvalue weighted by atomic mass is 10.2. The highest BCUT2D eigenvalue weighted by Gasteiger charge is 2.24. The zero-order valence-corrected chi connectivity index (χ0v) is 14.0. The van der Waals surface area contributed by atoms with Gasteiger partial charge in [0.05, 0.1) is 10.6 Å². The largest absolute Gasteiger partial charge is 0.353 e. The zero-order valence-electron chi connectivity index (χ0n) is 13.3. The van der Waals surface area contributed by atoms with Crippen LogP contribution in [0.25, 0.3) is 0 Å². The molecule has 1 aromatic heterocycles. The van der Waals surface area contributed by atoms with Crippen molar-refractivity contribution in [1.29, 1.82) is 0 Å². The second-order valence-corrected chi connectivity index (χ2v) is 6.08. The number of anilines is 1. The van der Waals surface area contributed by atoms with Crippen LogP contribution in [0.3, 0.4) is 0 Å². The SMILES string of the molecule is Cc1cc(N2CCN(C(=O)c3ccccc3Cl)CC2)nc(C)n1. The van der Waals surface area contributed by atoms with Gasteiger partial charge in [-0.25, -0.2) is 9.97 Å². The van der Waals surface area contributed by atoms with Crippen molar-refractivity contribution in [3.63, 3.8) is 0 Å². The van der Waals surface area contributed by atoms with Gasteiger partial charge in [0, 0.05) is 37.9 Å². The Bertz CT molecular complexity index is 706. The van der Waals surface area contributed by atoms with E-state index in [1.54, 1.807) is 12.1 Å². The number of rotatable bonds is 2. The van der Waals surface area contributed by atoms with E-state index >= 15 is 0 Å². The molecule has 1 aliphatic heterocycles. The third kappa shape index (κ3) is 3.45. The molecule has 1 amide bonds. The second-order valence-electron chi connectivity index (χ2n) is 5.67. The van der Waals surface area contributed by atoms with Crippen molar-refractivity contribution in [3.05, 3.63) is 52.4 Å². The van der Waals surface area contributed by atoms with Crippen LogP contribution in [0.2, 0.25) is 5.02 Å². The van der Waals surface area contributed by atoms with Crippen LogP contribution in [0.4, 0.5) is 5.82 Å². The number of piperazine rings is 1. The molecule has 1 saturated heterocycles. The minimum atomic E-state index is -0.00898. The van der Waals surface area contributed by atoms with Crippen LogP contribution in [0.15, 0.2) is 30.3 Å². The van der Waals surface area contributed by atoms with Crippen LogP contribution in [-0.4, -0.2) is 47.0 Å². The van der Waals surface area contributed by atoms with Crippen LogP contribution < -0.4 is 4.90 Å². The molecule has 6 heteroatoms. The van der Waals surface area contributed by atoms with E-state index in [0.29, 0.717) is 23.7 Å². The highest BCUT2D eigenvalue weighted by molar-refractivity contribution is 6.33. The Morgan fingerprint density at radius 3 is 2.43 bits per heavy atom. The molecule has 1 aromatic carbocycles. The Morgan fingerprint density at radius 2 is 1.78 bits per heavy atom. The minimum absolute atomic E-state index is 0.00898. The van der Waals surface area contributed by atoms with Gasteiger partial charge in [-0.1, -0.05) is 23.7 Å². The Hall–Kier alpha value is -2.14. The van der Waals surface area contributed by atoms with Gasteiger partial charge in [-0.2, -0.15) is 0 Å².